The molecule has 2 aromatic rings. The molecule has 7 heteroatoms. The molecule has 3 N–H and O–H groups in total. The molecule has 0 heterocycles. The van der Waals surface area contributed by atoms with Gasteiger partial charge in [-0.15, -0.1) is 0 Å². The third kappa shape index (κ3) is 3.88. The van der Waals surface area contributed by atoms with Gasteiger partial charge in [-0.1, -0.05) is 0 Å². The Morgan fingerprint density at radius 2 is 1.95 bits per heavy atom. The van der Waals surface area contributed by atoms with E-state index in [-0.39, 0.29) is 11.5 Å². The van der Waals surface area contributed by atoms with Crippen LogP contribution in [0.25, 0.3) is 0 Å². The number of hydrazone groups is 1. The molecule has 0 unspecified atom stereocenters. The maximum Gasteiger partial charge on any atom is 0.271 e. The van der Waals surface area contributed by atoms with E-state index in [0.717, 1.165) is 0 Å². The Hall–Kier alpha value is -2.29. The summed E-state index contributed by atoms with van der Waals surface area (Å²) < 4.78 is 5.66. The Kier molecular flexibility index (Phi) is 5.21. The van der Waals surface area contributed by atoms with E-state index >= 15 is 0 Å². The number of ether oxygens (including phenoxy) is 1. The van der Waals surface area contributed by atoms with E-state index in [4.69, 9.17) is 9.84 Å². The van der Waals surface area contributed by atoms with Gasteiger partial charge in [0.2, 0.25) is 0 Å². The van der Waals surface area contributed by atoms with E-state index in [1.165, 1.54) is 37.6 Å². The summed E-state index contributed by atoms with van der Waals surface area (Å²) in [5.74, 6) is 0.0918. The van der Waals surface area contributed by atoms with Gasteiger partial charge in [0.25, 0.3) is 5.91 Å². The Morgan fingerprint density at radius 3 is 2.59 bits per heavy atom. The number of phenols is 2. The molecule has 2 aromatic carbocycles. The van der Waals surface area contributed by atoms with E-state index in [0.29, 0.717) is 20.4 Å². The first-order chi connectivity index (χ1) is 10.5. The fourth-order valence-electron chi connectivity index (χ4n) is 1.67. The summed E-state index contributed by atoms with van der Waals surface area (Å²) in [5, 5.41) is 22.8. The van der Waals surface area contributed by atoms with Crippen LogP contribution in [0.3, 0.4) is 0 Å². The predicted octanol–water partition coefficient (Wildman–Crippen LogP) is 2.47. The van der Waals surface area contributed by atoms with Gasteiger partial charge in [0, 0.05) is 5.56 Å². The van der Waals surface area contributed by atoms with Gasteiger partial charge in [-0.3, -0.25) is 4.79 Å². The van der Waals surface area contributed by atoms with E-state index < -0.39 is 5.91 Å². The number of phenolic OH excluding ortho intramolecular Hbond substituents is 2. The lowest BCUT2D eigenvalue weighted by Crippen LogP contribution is -2.17. The number of benzene rings is 2. The summed E-state index contributed by atoms with van der Waals surface area (Å²) in [6.07, 6.45) is 1.45. The molecule has 6 nitrogen and oxygen atoms in total. The smallest absolute Gasteiger partial charge is 0.271 e. The van der Waals surface area contributed by atoms with Crippen LogP contribution >= 0.6 is 22.6 Å². The van der Waals surface area contributed by atoms with Crippen molar-refractivity contribution >= 4 is 34.7 Å². The van der Waals surface area contributed by atoms with Crippen LogP contribution in [0, 0.1) is 3.57 Å². The summed E-state index contributed by atoms with van der Waals surface area (Å²) in [7, 11) is 1.46. The molecule has 0 spiro atoms. The number of hydrogen-bond donors (Lipinski definition) is 3. The minimum absolute atomic E-state index is 0.0633. The van der Waals surface area contributed by atoms with Crippen molar-refractivity contribution < 1.29 is 19.7 Å². The second-order valence-electron chi connectivity index (χ2n) is 4.30. The average molecular weight is 412 g/mol. The maximum atomic E-state index is 11.8. The van der Waals surface area contributed by atoms with Crippen LogP contribution in [-0.4, -0.2) is 29.4 Å². The minimum Gasteiger partial charge on any atom is -0.508 e. The Balaban J connectivity index is 2.08. The first-order valence-corrected chi connectivity index (χ1v) is 7.28. The highest BCUT2D eigenvalue weighted by Crippen LogP contribution is 2.31. The SMILES string of the molecule is COc1cc(/C=N/NC(=O)c2ccc(O)cc2)cc(I)c1O. The van der Waals surface area contributed by atoms with Crippen LogP contribution in [-0.2, 0) is 0 Å². The molecule has 1 amide bonds. The van der Waals surface area contributed by atoms with E-state index in [1.54, 1.807) is 12.1 Å². The zero-order valence-electron chi connectivity index (χ0n) is 11.6. The minimum atomic E-state index is -0.392. The second kappa shape index (κ2) is 7.12. The second-order valence-corrected chi connectivity index (χ2v) is 5.46. The largest absolute Gasteiger partial charge is 0.508 e. The number of carbonyl (C=O) groups is 1. The molecule has 114 valence electrons. The number of aromatic hydroxyl groups is 2. The number of hydrogen-bond acceptors (Lipinski definition) is 5. The number of halogens is 1. The van der Waals surface area contributed by atoms with Gasteiger partial charge in [0.15, 0.2) is 11.5 Å². The van der Waals surface area contributed by atoms with Gasteiger partial charge in [-0.05, 0) is 64.6 Å². The van der Waals surface area contributed by atoms with Crippen molar-refractivity contribution in [2.45, 2.75) is 0 Å². The van der Waals surface area contributed by atoms with E-state index in [2.05, 4.69) is 10.5 Å². The highest BCUT2D eigenvalue weighted by Gasteiger charge is 2.08. The van der Waals surface area contributed by atoms with Crippen LogP contribution < -0.4 is 10.2 Å². The molecule has 0 aliphatic heterocycles. The van der Waals surface area contributed by atoms with Crippen LogP contribution in [0.15, 0.2) is 41.5 Å². The standard InChI is InChI=1S/C15H13IN2O4/c1-22-13-7-9(6-12(16)14(13)20)8-17-18-15(21)10-2-4-11(19)5-3-10/h2-8,19-20H,1H3,(H,18,21)/b17-8+. The molecule has 0 aromatic heterocycles. The van der Waals surface area contributed by atoms with Crippen LogP contribution in [0.4, 0.5) is 0 Å². The van der Waals surface area contributed by atoms with Crippen molar-refractivity contribution in [3.8, 4) is 17.2 Å². The fourth-order valence-corrected chi connectivity index (χ4v) is 2.29. The maximum absolute atomic E-state index is 11.8. The fraction of sp³-hybridized carbons (Fsp3) is 0.0667. The molecule has 0 saturated carbocycles. The quantitative estimate of drug-likeness (QED) is 0.409. The molecule has 0 atom stereocenters. The van der Waals surface area contributed by atoms with Crippen LogP contribution in [0.5, 0.6) is 17.2 Å². The van der Waals surface area contributed by atoms with Gasteiger partial charge in [0.05, 0.1) is 16.9 Å². The number of nitrogens with zero attached hydrogens (tertiary/aromatic N) is 1. The lowest BCUT2D eigenvalue weighted by atomic mass is 10.2. The molecule has 0 aliphatic carbocycles. The van der Waals surface area contributed by atoms with Crippen LogP contribution in [0.1, 0.15) is 15.9 Å². The van der Waals surface area contributed by atoms with Crippen LogP contribution in [0.2, 0.25) is 0 Å². The first-order valence-electron chi connectivity index (χ1n) is 6.20. The van der Waals surface area contributed by atoms with Crippen molar-refractivity contribution in [2.24, 2.45) is 5.10 Å². The third-order valence-electron chi connectivity index (χ3n) is 2.78. The molecule has 0 radical (unpaired) electrons. The molecule has 22 heavy (non-hydrogen) atoms. The van der Waals surface area contributed by atoms with Gasteiger partial charge in [-0.2, -0.15) is 5.10 Å². The van der Waals surface area contributed by atoms with Crippen molar-refractivity contribution in [2.75, 3.05) is 7.11 Å². The summed E-state index contributed by atoms with van der Waals surface area (Å²) in [6.45, 7) is 0. The van der Waals surface area contributed by atoms with Crippen molar-refractivity contribution in [3.63, 3.8) is 0 Å². The zero-order chi connectivity index (χ0) is 16.1. The molecule has 0 aliphatic rings. The third-order valence-corrected chi connectivity index (χ3v) is 3.60. The average Bonchev–Trinajstić information content (AvgIpc) is 2.51. The van der Waals surface area contributed by atoms with Gasteiger partial charge in [0.1, 0.15) is 5.75 Å². The normalized spacial score (nSPS) is 10.6. The Morgan fingerprint density at radius 1 is 1.27 bits per heavy atom. The van der Waals surface area contributed by atoms with E-state index in [9.17, 15) is 9.90 Å². The number of methoxy groups -OCH3 is 1. The molecule has 0 fully saturated rings. The lowest BCUT2D eigenvalue weighted by molar-refractivity contribution is 0.0955. The summed E-state index contributed by atoms with van der Waals surface area (Å²) >= 11 is 1.97. The number of carbonyl (C=O) groups excluding carboxylic acids is 1. The predicted molar refractivity (Wildman–Crippen MR) is 90.5 cm³/mol. The van der Waals surface area contributed by atoms with E-state index in [1.807, 2.05) is 22.6 Å². The molecule has 2 rings (SSSR count). The molecular formula is C15H13IN2O4. The molecule has 0 saturated heterocycles. The summed E-state index contributed by atoms with van der Waals surface area (Å²) in [5.41, 5.74) is 3.44. The lowest BCUT2D eigenvalue weighted by Gasteiger charge is -2.06. The van der Waals surface area contributed by atoms with Gasteiger partial charge in [-0.25, -0.2) is 5.43 Å². The van der Waals surface area contributed by atoms with Crippen molar-refractivity contribution in [3.05, 3.63) is 51.1 Å². The highest BCUT2D eigenvalue weighted by atomic mass is 127. The van der Waals surface area contributed by atoms with Crippen molar-refractivity contribution in [1.29, 1.82) is 0 Å². The number of rotatable bonds is 4. The monoisotopic (exact) mass is 412 g/mol. The first kappa shape index (κ1) is 16.1. The van der Waals surface area contributed by atoms with Gasteiger partial charge >= 0.3 is 0 Å². The Bertz CT molecular complexity index is 714. The molecular weight excluding hydrogens is 399 g/mol. The Labute approximate surface area is 140 Å². The van der Waals surface area contributed by atoms with Gasteiger partial charge < -0.3 is 14.9 Å². The highest BCUT2D eigenvalue weighted by molar-refractivity contribution is 14.1. The van der Waals surface area contributed by atoms with Crippen molar-refractivity contribution in [1.82, 2.24) is 5.43 Å². The number of amides is 1. The zero-order valence-corrected chi connectivity index (χ0v) is 13.7. The topological polar surface area (TPSA) is 91.2 Å². The summed E-state index contributed by atoms with van der Waals surface area (Å²) in [4.78, 5) is 11.8. The number of nitrogens with one attached hydrogen (secondary N) is 1. The molecule has 0 bridgehead atoms. The summed E-state index contributed by atoms with van der Waals surface area (Å²) in [6, 6.07) is 9.14.